The highest BCUT2D eigenvalue weighted by Crippen LogP contribution is 2.05. The predicted molar refractivity (Wildman–Crippen MR) is 85.5 cm³/mol. The number of rotatable bonds is 6. The second-order valence-corrected chi connectivity index (χ2v) is 5.15. The summed E-state index contributed by atoms with van der Waals surface area (Å²) in [6.07, 6.45) is 0. The number of aliphatic imine (C=N–C) groups is 1. The number of morpholine rings is 1. The minimum Gasteiger partial charge on any atom is -0.379 e. The molecule has 1 aliphatic rings. The predicted octanol–water partition coefficient (Wildman–Crippen LogP) is -0.478. The number of guanidine groups is 1. The van der Waals surface area contributed by atoms with Crippen molar-refractivity contribution in [2.45, 2.75) is 6.54 Å². The zero-order valence-corrected chi connectivity index (χ0v) is 12.6. The number of nitrogens with two attached hydrogens (primary N) is 2. The van der Waals surface area contributed by atoms with Crippen molar-refractivity contribution in [1.82, 2.24) is 10.2 Å². The highest BCUT2D eigenvalue weighted by Gasteiger charge is 2.09. The molecule has 0 saturated carbocycles. The van der Waals surface area contributed by atoms with Crippen LogP contribution in [0.25, 0.3) is 0 Å². The Morgan fingerprint density at radius 1 is 1.32 bits per heavy atom. The van der Waals surface area contributed by atoms with Crippen molar-refractivity contribution >= 4 is 11.9 Å². The van der Waals surface area contributed by atoms with E-state index in [0.717, 1.165) is 45.0 Å². The van der Waals surface area contributed by atoms with E-state index in [1.807, 2.05) is 6.07 Å². The van der Waals surface area contributed by atoms with Gasteiger partial charge in [-0.2, -0.15) is 0 Å². The van der Waals surface area contributed by atoms with Gasteiger partial charge in [0.2, 0.25) is 5.91 Å². The van der Waals surface area contributed by atoms with Crippen molar-refractivity contribution in [3.8, 4) is 0 Å². The summed E-state index contributed by atoms with van der Waals surface area (Å²) >= 11 is 0. The molecule has 7 heteroatoms. The maximum absolute atomic E-state index is 11.1. The van der Waals surface area contributed by atoms with Crippen LogP contribution in [0.5, 0.6) is 0 Å². The lowest BCUT2D eigenvalue weighted by Crippen LogP contribution is -2.42. The molecule has 0 aliphatic carbocycles. The normalized spacial score (nSPS) is 16.5. The SMILES string of the molecule is NC(=O)c1cccc(CN=C(N)NCCN2CCOCC2)c1. The van der Waals surface area contributed by atoms with Gasteiger partial charge >= 0.3 is 0 Å². The van der Waals surface area contributed by atoms with Crippen LogP contribution in [0.1, 0.15) is 15.9 Å². The highest BCUT2D eigenvalue weighted by molar-refractivity contribution is 5.92. The molecule has 1 fully saturated rings. The Morgan fingerprint density at radius 3 is 2.82 bits per heavy atom. The Hall–Kier alpha value is -2.12. The molecule has 0 spiro atoms. The molecule has 1 saturated heterocycles. The summed E-state index contributed by atoms with van der Waals surface area (Å²) < 4.78 is 5.30. The van der Waals surface area contributed by atoms with Crippen LogP contribution >= 0.6 is 0 Å². The molecule has 1 amide bonds. The summed E-state index contributed by atoms with van der Waals surface area (Å²) in [5.74, 6) is -0.0415. The Kier molecular flexibility index (Phi) is 6.17. The van der Waals surface area contributed by atoms with Crippen molar-refractivity contribution < 1.29 is 9.53 Å². The molecule has 1 aromatic carbocycles. The molecule has 0 unspecified atom stereocenters. The number of amides is 1. The van der Waals surface area contributed by atoms with Crippen molar-refractivity contribution in [3.05, 3.63) is 35.4 Å². The quantitative estimate of drug-likeness (QED) is 0.486. The first-order valence-corrected chi connectivity index (χ1v) is 7.38. The number of hydrogen-bond acceptors (Lipinski definition) is 4. The van der Waals surface area contributed by atoms with Gasteiger partial charge in [0.25, 0.3) is 0 Å². The number of hydrogen-bond donors (Lipinski definition) is 3. The maximum atomic E-state index is 11.1. The zero-order chi connectivity index (χ0) is 15.8. The molecule has 1 aliphatic heterocycles. The van der Waals surface area contributed by atoms with Gasteiger partial charge in [0, 0.05) is 31.7 Å². The van der Waals surface area contributed by atoms with Gasteiger partial charge in [-0.3, -0.25) is 9.69 Å². The fraction of sp³-hybridized carbons (Fsp3) is 0.467. The zero-order valence-electron chi connectivity index (χ0n) is 12.6. The summed E-state index contributed by atoms with van der Waals surface area (Å²) in [5.41, 5.74) is 12.5. The average Bonchev–Trinajstić information content (AvgIpc) is 2.54. The van der Waals surface area contributed by atoms with E-state index in [-0.39, 0.29) is 0 Å². The van der Waals surface area contributed by atoms with Crippen molar-refractivity contribution in [1.29, 1.82) is 0 Å². The molecule has 7 nitrogen and oxygen atoms in total. The van der Waals surface area contributed by atoms with E-state index in [1.165, 1.54) is 0 Å². The van der Waals surface area contributed by atoms with E-state index in [9.17, 15) is 4.79 Å². The van der Waals surface area contributed by atoms with E-state index in [1.54, 1.807) is 18.2 Å². The van der Waals surface area contributed by atoms with Gasteiger partial charge in [-0.25, -0.2) is 4.99 Å². The Bertz CT molecular complexity index is 526. The van der Waals surface area contributed by atoms with E-state index in [4.69, 9.17) is 16.2 Å². The molecule has 0 radical (unpaired) electrons. The average molecular weight is 305 g/mol. The topological polar surface area (TPSA) is 106 Å². The largest absolute Gasteiger partial charge is 0.379 e. The Labute approximate surface area is 130 Å². The molecule has 120 valence electrons. The summed E-state index contributed by atoms with van der Waals surface area (Å²) in [6, 6.07) is 7.08. The van der Waals surface area contributed by atoms with Crippen molar-refractivity contribution in [3.63, 3.8) is 0 Å². The lowest BCUT2D eigenvalue weighted by molar-refractivity contribution is 0.0389. The van der Waals surface area contributed by atoms with Gasteiger partial charge in [0.1, 0.15) is 0 Å². The minimum atomic E-state index is -0.442. The van der Waals surface area contributed by atoms with Crippen LogP contribution in [0.4, 0.5) is 0 Å². The van der Waals surface area contributed by atoms with Gasteiger partial charge in [-0.05, 0) is 17.7 Å². The third-order valence-electron chi connectivity index (χ3n) is 3.48. The maximum Gasteiger partial charge on any atom is 0.248 e. The van der Waals surface area contributed by atoms with E-state index >= 15 is 0 Å². The summed E-state index contributed by atoms with van der Waals surface area (Å²) in [4.78, 5) is 17.7. The number of nitrogens with zero attached hydrogens (tertiary/aromatic N) is 2. The van der Waals surface area contributed by atoms with Crippen LogP contribution < -0.4 is 16.8 Å². The molecular weight excluding hydrogens is 282 g/mol. The summed E-state index contributed by atoms with van der Waals surface area (Å²) in [5, 5.41) is 3.09. The van der Waals surface area contributed by atoms with Crippen LogP contribution in [-0.2, 0) is 11.3 Å². The standard InChI is InChI=1S/C15H23N5O2/c16-14(21)13-3-1-2-12(10-13)11-19-15(17)18-4-5-20-6-8-22-9-7-20/h1-3,10H,4-9,11H2,(H2,16,21)(H3,17,18,19). The number of carbonyl (C=O) groups excluding carboxylic acids is 1. The first-order valence-electron chi connectivity index (χ1n) is 7.38. The monoisotopic (exact) mass is 305 g/mol. The first-order chi connectivity index (χ1) is 10.6. The van der Waals surface area contributed by atoms with E-state index < -0.39 is 5.91 Å². The van der Waals surface area contributed by atoms with Crippen molar-refractivity contribution in [2.75, 3.05) is 39.4 Å². The lowest BCUT2D eigenvalue weighted by Gasteiger charge is -2.26. The smallest absolute Gasteiger partial charge is 0.248 e. The molecule has 2 rings (SSSR count). The fourth-order valence-corrected chi connectivity index (χ4v) is 2.22. The molecule has 0 bridgehead atoms. The van der Waals surface area contributed by atoms with E-state index in [2.05, 4.69) is 15.2 Å². The molecule has 0 aromatic heterocycles. The number of carbonyl (C=O) groups is 1. The van der Waals surface area contributed by atoms with Gasteiger partial charge in [-0.15, -0.1) is 0 Å². The Morgan fingerprint density at radius 2 is 2.09 bits per heavy atom. The highest BCUT2D eigenvalue weighted by atomic mass is 16.5. The van der Waals surface area contributed by atoms with Gasteiger partial charge in [0.15, 0.2) is 5.96 Å². The van der Waals surface area contributed by atoms with Crippen LogP contribution in [0.2, 0.25) is 0 Å². The fourth-order valence-electron chi connectivity index (χ4n) is 2.22. The first kappa shape index (κ1) is 16.3. The number of nitrogens with one attached hydrogen (secondary N) is 1. The lowest BCUT2D eigenvalue weighted by atomic mass is 10.1. The molecule has 0 atom stereocenters. The number of benzene rings is 1. The van der Waals surface area contributed by atoms with Crippen LogP contribution in [0.15, 0.2) is 29.3 Å². The second kappa shape index (κ2) is 8.35. The Balaban J connectivity index is 1.74. The van der Waals surface area contributed by atoms with Gasteiger partial charge in [0.05, 0.1) is 19.8 Å². The molecule has 22 heavy (non-hydrogen) atoms. The van der Waals surface area contributed by atoms with E-state index in [0.29, 0.717) is 18.1 Å². The third kappa shape index (κ3) is 5.34. The van der Waals surface area contributed by atoms with Crippen LogP contribution in [-0.4, -0.2) is 56.2 Å². The molecule has 5 N–H and O–H groups in total. The van der Waals surface area contributed by atoms with Gasteiger partial charge in [-0.1, -0.05) is 12.1 Å². The number of primary amides is 1. The third-order valence-corrected chi connectivity index (χ3v) is 3.48. The van der Waals surface area contributed by atoms with Crippen LogP contribution in [0, 0.1) is 0 Å². The van der Waals surface area contributed by atoms with Crippen molar-refractivity contribution in [2.24, 2.45) is 16.5 Å². The summed E-state index contributed by atoms with van der Waals surface area (Å²) in [6.45, 7) is 5.57. The van der Waals surface area contributed by atoms with Crippen LogP contribution in [0.3, 0.4) is 0 Å². The minimum absolute atomic E-state index is 0.401. The molecule has 1 heterocycles. The van der Waals surface area contributed by atoms with Gasteiger partial charge < -0.3 is 21.5 Å². The summed E-state index contributed by atoms with van der Waals surface area (Å²) in [7, 11) is 0. The second-order valence-electron chi connectivity index (χ2n) is 5.15. The number of ether oxygens (including phenoxy) is 1. The molecular formula is C15H23N5O2. The molecule has 1 aromatic rings.